The van der Waals surface area contributed by atoms with E-state index in [2.05, 4.69) is 40.7 Å². The number of halogens is 1. The zero-order valence-corrected chi connectivity index (χ0v) is 21.7. The molecular weight excluding hydrogens is 494 g/mol. The summed E-state index contributed by atoms with van der Waals surface area (Å²) >= 11 is 7.41. The average molecular weight is 520 g/mol. The lowest BCUT2D eigenvalue weighted by Gasteiger charge is -2.17. The fraction of sp³-hybridized carbons (Fsp3) is 0.185. The lowest BCUT2D eigenvalue weighted by molar-refractivity contribution is -0.114. The van der Waals surface area contributed by atoms with Gasteiger partial charge in [0.05, 0.1) is 11.4 Å². The Morgan fingerprint density at radius 1 is 0.917 bits per heavy atom. The molecule has 0 fully saturated rings. The highest BCUT2D eigenvalue weighted by Gasteiger charge is 2.20. The molecule has 1 heterocycles. The first-order chi connectivity index (χ1) is 17.3. The summed E-state index contributed by atoms with van der Waals surface area (Å²) in [6, 6.07) is 22.6. The van der Waals surface area contributed by atoms with E-state index in [9.17, 15) is 9.59 Å². The first-order valence-electron chi connectivity index (χ1n) is 11.4. The predicted molar refractivity (Wildman–Crippen MR) is 146 cm³/mol. The lowest BCUT2D eigenvalue weighted by atomic mass is 10.0. The minimum absolute atomic E-state index is 0.149. The molecule has 2 N–H and O–H groups in total. The molecule has 4 aromatic rings. The van der Waals surface area contributed by atoms with Crippen molar-refractivity contribution in [2.45, 2.75) is 31.8 Å². The third-order valence-corrected chi connectivity index (χ3v) is 6.54. The van der Waals surface area contributed by atoms with Crippen LogP contribution >= 0.6 is 23.4 Å². The minimum atomic E-state index is -0.174. The topological polar surface area (TPSA) is 88.9 Å². The summed E-state index contributed by atoms with van der Waals surface area (Å²) in [5, 5.41) is 15.7. The van der Waals surface area contributed by atoms with Crippen LogP contribution in [0.25, 0.3) is 17.1 Å². The Morgan fingerprint density at radius 3 is 2.19 bits per heavy atom. The van der Waals surface area contributed by atoms with Crippen molar-refractivity contribution < 1.29 is 9.59 Å². The number of aromatic nitrogens is 3. The molecule has 1 aromatic heterocycles. The van der Waals surface area contributed by atoms with E-state index in [0.29, 0.717) is 27.4 Å². The maximum atomic E-state index is 12.7. The van der Waals surface area contributed by atoms with Crippen LogP contribution in [0.4, 0.5) is 11.4 Å². The Labute approximate surface area is 219 Å². The largest absolute Gasteiger partial charge is 0.326 e. The van der Waals surface area contributed by atoms with Gasteiger partial charge in [-0.05, 0) is 66.1 Å². The Morgan fingerprint density at radius 2 is 1.56 bits per heavy atom. The van der Waals surface area contributed by atoms with Gasteiger partial charge >= 0.3 is 0 Å². The summed E-state index contributed by atoms with van der Waals surface area (Å²) in [5.41, 5.74) is 4.31. The second-order valence-electron chi connectivity index (χ2n) is 8.46. The van der Waals surface area contributed by atoms with Gasteiger partial charge in [-0.3, -0.25) is 14.2 Å². The number of para-hydroxylation sites is 1. The molecule has 0 unspecified atom stereocenters. The first-order valence-corrected chi connectivity index (χ1v) is 12.8. The van der Waals surface area contributed by atoms with Crippen molar-refractivity contribution in [1.29, 1.82) is 0 Å². The zero-order valence-electron chi connectivity index (χ0n) is 20.2. The molecule has 0 aliphatic heterocycles. The quantitative estimate of drug-likeness (QED) is 0.263. The number of thioether (sulfide) groups is 1. The Balaban J connectivity index is 1.58. The molecule has 184 valence electrons. The van der Waals surface area contributed by atoms with Crippen molar-refractivity contribution in [3.05, 3.63) is 83.4 Å². The van der Waals surface area contributed by atoms with Gasteiger partial charge in [-0.1, -0.05) is 55.4 Å². The molecule has 0 radical (unpaired) electrons. The van der Waals surface area contributed by atoms with E-state index in [-0.39, 0.29) is 23.5 Å². The number of rotatable bonds is 8. The predicted octanol–water partition coefficient (Wildman–Crippen LogP) is 6.40. The summed E-state index contributed by atoms with van der Waals surface area (Å²) < 4.78 is 2.00. The normalized spacial score (nSPS) is 10.9. The SMILES string of the molecule is CC(=O)Nc1ccc(NC(=O)CSc2nnc(-c3ccc(Cl)cc3)n2-c2ccccc2C(C)C)cc1. The molecule has 36 heavy (non-hydrogen) atoms. The van der Waals surface area contributed by atoms with Crippen molar-refractivity contribution in [3.63, 3.8) is 0 Å². The van der Waals surface area contributed by atoms with E-state index in [0.717, 1.165) is 16.8 Å². The number of nitrogens with one attached hydrogen (secondary N) is 2. The fourth-order valence-electron chi connectivity index (χ4n) is 3.71. The van der Waals surface area contributed by atoms with E-state index >= 15 is 0 Å². The number of carbonyl (C=O) groups is 2. The number of hydrogen-bond donors (Lipinski definition) is 2. The molecule has 0 atom stereocenters. The van der Waals surface area contributed by atoms with E-state index in [1.165, 1.54) is 18.7 Å². The maximum absolute atomic E-state index is 12.7. The number of amides is 2. The molecule has 3 aromatic carbocycles. The lowest BCUT2D eigenvalue weighted by Crippen LogP contribution is -2.15. The van der Waals surface area contributed by atoms with Crippen molar-refractivity contribution >= 4 is 46.6 Å². The summed E-state index contributed by atoms with van der Waals surface area (Å²) in [7, 11) is 0. The van der Waals surface area contributed by atoms with Gasteiger partial charge in [0.2, 0.25) is 11.8 Å². The van der Waals surface area contributed by atoms with Gasteiger partial charge in [0.25, 0.3) is 0 Å². The van der Waals surface area contributed by atoms with Gasteiger partial charge in [0.1, 0.15) is 0 Å². The maximum Gasteiger partial charge on any atom is 0.234 e. The van der Waals surface area contributed by atoms with Gasteiger partial charge in [-0.2, -0.15) is 0 Å². The van der Waals surface area contributed by atoms with Crippen molar-refractivity contribution in [3.8, 4) is 17.1 Å². The zero-order chi connectivity index (χ0) is 25.7. The minimum Gasteiger partial charge on any atom is -0.326 e. The number of benzene rings is 3. The molecule has 0 saturated carbocycles. The summed E-state index contributed by atoms with van der Waals surface area (Å²) in [5.74, 6) is 0.784. The van der Waals surface area contributed by atoms with Crippen LogP contribution in [0, 0.1) is 0 Å². The molecule has 7 nitrogen and oxygen atoms in total. The number of carbonyl (C=O) groups excluding carboxylic acids is 2. The van der Waals surface area contributed by atoms with Crippen molar-refractivity contribution in [2.24, 2.45) is 0 Å². The highest BCUT2D eigenvalue weighted by molar-refractivity contribution is 7.99. The van der Waals surface area contributed by atoms with Crippen LogP contribution in [-0.4, -0.2) is 32.3 Å². The van der Waals surface area contributed by atoms with Gasteiger partial charge in [-0.15, -0.1) is 10.2 Å². The Hall–Kier alpha value is -3.62. The second kappa shape index (κ2) is 11.4. The van der Waals surface area contributed by atoms with Gasteiger partial charge in [0.15, 0.2) is 11.0 Å². The van der Waals surface area contributed by atoms with Gasteiger partial charge in [0, 0.05) is 28.9 Å². The monoisotopic (exact) mass is 519 g/mol. The third-order valence-electron chi connectivity index (χ3n) is 5.36. The summed E-state index contributed by atoms with van der Waals surface area (Å²) in [6.07, 6.45) is 0. The number of nitrogens with zero attached hydrogens (tertiary/aromatic N) is 3. The first kappa shape index (κ1) is 25.5. The average Bonchev–Trinajstić information content (AvgIpc) is 3.28. The Kier molecular flexibility index (Phi) is 8.07. The summed E-state index contributed by atoms with van der Waals surface area (Å²) in [6.45, 7) is 5.73. The third kappa shape index (κ3) is 6.13. The van der Waals surface area contributed by atoms with Crippen LogP contribution in [0.1, 0.15) is 32.3 Å². The Bertz CT molecular complexity index is 1370. The molecule has 0 saturated heterocycles. The van der Waals surface area contributed by atoms with Crippen LogP contribution in [0.15, 0.2) is 78.0 Å². The van der Waals surface area contributed by atoms with Crippen LogP contribution < -0.4 is 10.6 Å². The van der Waals surface area contributed by atoms with Crippen LogP contribution in [0.5, 0.6) is 0 Å². The molecule has 9 heteroatoms. The van der Waals surface area contributed by atoms with E-state index in [1.807, 2.05) is 47.0 Å². The number of anilines is 2. The van der Waals surface area contributed by atoms with Gasteiger partial charge < -0.3 is 10.6 Å². The standard InChI is InChI=1S/C27H26ClN5O2S/c1-17(2)23-6-4-5-7-24(23)33-26(19-8-10-20(28)11-9-19)31-32-27(33)36-16-25(35)30-22-14-12-21(13-15-22)29-18(3)34/h4-15,17H,16H2,1-3H3,(H,29,34)(H,30,35). The molecule has 0 spiro atoms. The molecule has 4 rings (SSSR count). The van der Waals surface area contributed by atoms with Crippen molar-refractivity contribution in [2.75, 3.05) is 16.4 Å². The summed E-state index contributed by atoms with van der Waals surface area (Å²) in [4.78, 5) is 23.9. The molecule has 0 aliphatic rings. The van der Waals surface area contributed by atoms with Crippen LogP contribution in [0.3, 0.4) is 0 Å². The highest BCUT2D eigenvalue weighted by atomic mass is 35.5. The highest BCUT2D eigenvalue weighted by Crippen LogP contribution is 2.32. The molecular formula is C27H26ClN5O2S. The smallest absolute Gasteiger partial charge is 0.234 e. The van der Waals surface area contributed by atoms with Crippen molar-refractivity contribution in [1.82, 2.24) is 14.8 Å². The van der Waals surface area contributed by atoms with Gasteiger partial charge in [-0.25, -0.2) is 0 Å². The second-order valence-corrected chi connectivity index (χ2v) is 9.84. The number of hydrogen-bond acceptors (Lipinski definition) is 5. The van der Waals surface area contributed by atoms with Crippen LogP contribution in [0.2, 0.25) is 5.02 Å². The molecule has 0 aliphatic carbocycles. The molecule has 2 amide bonds. The van der Waals surface area contributed by atoms with E-state index in [1.54, 1.807) is 24.3 Å². The molecule has 0 bridgehead atoms. The van der Waals surface area contributed by atoms with E-state index in [4.69, 9.17) is 11.6 Å². The van der Waals surface area contributed by atoms with E-state index < -0.39 is 0 Å². The fourth-order valence-corrected chi connectivity index (χ4v) is 4.58. The van der Waals surface area contributed by atoms with Crippen LogP contribution in [-0.2, 0) is 9.59 Å².